The summed E-state index contributed by atoms with van der Waals surface area (Å²) in [6, 6.07) is 7.22. The first-order valence-corrected chi connectivity index (χ1v) is 10.0. The Hall–Kier alpha value is -3.08. The molecule has 0 atom stereocenters. The van der Waals surface area contributed by atoms with E-state index < -0.39 is 35.0 Å². The van der Waals surface area contributed by atoms with Crippen LogP contribution in [-0.2, 0) is 23.7 Å². The molecular weight excluding hydrogens is 452 g/mol. The van der Waals surface area contributed by atoms with E-state index in [1.807, 2.05) is 0 Å². The number of rotatable bonds is 5. The lowest BCUT2D eigenvalue weighted by atomic mass is 9.96. The second kappa shape index (κ2) is 9.42. The van der Waals surface area contributed by atoms with Crippen molar-refractivity contribution in [2.45, 2.75) is 31.7 Å². The standard InChI is InChI=1S/C22H21F6N3O2/c23-21(24,25)16-9-15(10-17(11-16)22(26,27)28)20(33)30-18-3-1-2-13(8-18)12-31-6-4-14(5-7-31)19(29)32/h1-3,8-11,14H,4-7,12H2,(H2,29,32)(H,30,33). The zero-order chi connectivity index (χ0) is 24.4. The van der Waals surface area contributed by atoms with Gasteiger partial charge in [0.15, 0.2) is 0 Å². The van der Waals surface area contributed by atoms with Gasteiger partial charge in [0.1, 0.15) is 0 Å². The molecule has 5 nitrogen and oxygen atoms in total. The second-order valence-corrected chi connectivity index (χ2v) is 7.90. The molecule has 0 spiro atoms. The first kappa shape index (κ1) is 24.6. The minimum atomic E-state index is -5.04. The first-order valence-electron chi connectivity index (χ1n) is 10.0. The molecule has 0 bridgehead atoms. The number of nitrogens with one attached hydrogen (secondary N) is 1. The predicted octanol–water partition coefficient (Wildman–Crippen LogP) is 4.67. The van der Waals surface area contributed by atoms with Crippen LogP contribution in [0.3, 0.4) is 0 Å². The minimum absolute atomic E-state index is 0.0290. The van der Waals surface area contributed by atoms with Gasteiger partial charge in [-0.15, -0.1) is 0 Å². The molecule has 1 fully saturated rings. The average Bonchev–Trinajstić information content (AvgIpc) is 2.73. The van der Waals surface area contributed by atoms with Gasteiger partial charge in [0.25, 0.3) is 5.91 Å². The molecule has 2 amide bonds. The van der Waals surface area contributed by atoms with Crippen LogP contribution in [0, 0.1) is 5.92 Å². The van der Waals surface area contributed by atoms with Gasteiger partial charge in [-0.2, -0.15) is 26.3 Å². The Labute approximate surface area is 185 Å². The van der Waals surface area contributed by atoms with Crippen molar-refractivity contribution in [2.24, 2.45) is 11.7 Å². The molecule has 11 heteroatoms. The first-order chi connectivity index (χ1) is 15.3. The molecule has 2 aromatic rings. The van der Waals surface area contributed by atoms with Crippen LogP contribution in [0.4, 0.5) is 32.0 Å². The number of alkyl halides is 6. The summed E-state index contributed by atoms with van der Waals surface area (Å²) in [7, 11) is 0. The molecule has 0 aromatic heterocycles. The van der Waals surface area contributed by atoms with Crippen molar-refractivity contribution in [1.82, 2.24) is 4.90 Å². The Kier molecular flexibility index (Phi) is 7.01. The fourth-order valence-electron chi connectivity index (χ4n) is 3.67. The van der Waals surface area contributed by atoms with E-state index in [1.54, 1.807) is 18.2 Å². The van der Waals surface area contributed by atoms with Gasteiger partial charge in [0.05, 0.1) is 11.1 Å². The van der Waals surface area contributed by atoms with Crippen molar-refractivity contribution in [3.05, 3.63) is 64.7 Å². The summed E-state index contributed by atoms with van der Waals surface area (Å²) < 4.78 is 78.2. The van der Waals surface area contributed by atoms with Crippen LogP contribution >= 0.6 is 0 Å². The van der Waals surface area contributed by atoms with E-state index >= 15 is 0 Å². The van der Waals surface area contributed by atoms with Gasteiger partial charge in [-0.05, 0) is 61.8 Å². The van der Waals surface area contributed by atoms with Crippen molar-refractivity contribution >= 4 is 17.5 Å². The van der Waals surface area contributed by atoms with Crippen molar-refractivity contribution < 1.29 is 35.9 Å². The summed E-state index contributed by atoms with van der Waals surface area (Å²) in [5.74, 6) is -1.59. The number of hydrogen-bond acceptors (Lipinski definition) is 3. The van der Waals surface area contributed by atoms with Crippen molar-refractivity contribution in [3.8, 4) is 0 Å². The smallest absolute Gasteiger partial charge is 0.369 e. The Bertz CT molecular complexity index is 995. The third kappa shape index (κ3) is 6.47. The number of piperidine rings is 1. The molecule has 1 saturated heterocycles. The van der Waals surface area contributed by atoms with Crippen LogP contribution in [0.1, 0.15) is 39.9 Å². The largest absolute Gasteiger partial charge is 0.416 e. The van der Waals surface area contributed by atoms with Gasteiger partial charge in [0.2, 0.25) is 5.91 Å². The monoisotopic (exact) mass is 473 g/mol. The highest BCUT2D eigenvalue weighted by Crippen LogP contribution is 2.36. The maximum atomic E-state index is 13.0. The Morgan fingerprint density at radius 1 is 0.939 bits per heavy atom. The van der Waals surface area contributed by atoms with Crippen LogP contribution in [0.2, 0.25) is 0 Å². The number of nitrogens with two attached hydrogens (primary N) is 1. The summed E-state index contributed by atoms with van der Waals surface area (Å²) in [5.41, 5.74) is 2.46. The fraction of sp³-hybridized carbons (Fsp3) is 0.364. The maximum Gasteiger partial charge on any atom is 0.416 e. The minimum Gasteiger partial charge on any atom is -0.369 e. The molecule has 1 aliphatic heterocycles. The number of benzene rings is 2. The normalized spacial score (nSPS) is 15.9. The summed E-state index contributed by atoms with van der Waals surface area (Å²) in [6.45, 7) is 1.79. The predicted molar refractivity (Wildman–Crippen MR) is 108 cm³/mol. The third-order valence-corrected chi connectivity index (χ3v) is 5.43. The molecule has 1 aliphatic rings. The van der Waals surface area contributed by atoms with Gasteiger partial charge in [-0.25, -0.2) is 0 Å². The van der Waals surface area contributed by atoms with Gasteiger partial charge < -0.3 is 11.1 Å². The zero-order valence-corrected chi connectivity index (χ0v) is 17.3. The van der Waals surface area contributed by atoms with Gasteiger partial charge in [-0.3, -0.25) is 14.5 Å². The molecule has 2 aromatic carbocycles. The second-order valence-electron chi connectivity index (χ2n) is 7.90. The number of primary amides is 1. The van der Waals surface area contributed by atoms with E-state index in [4.69, 9.17) is 5.73 Å². The lowest BCUT2D eigenvalue weighted by Gasteiger charge is -2.30. The summed E-state index contributed by atoms with van der Waals surface area (Å²) in [6.07, 6.45) is -8.83. The molecule has 0 aliphatic carbocycles. The molecular formula is C22H21F6N3O2. The summed E-state index contributed by atoms with van der Waals surface area (Å²) in [5, 5.41) is 2.36. The van der Waals surface area contributed by atoms with E-state index in [9.17, 15) is 35.9 Å². The lowest BCUT2D eigenvalue weighted by molar-refractivity contribution is -0.143. The molecule has 0 saturated carbocycles. The van der Waals surface area contributed by atoms with Crippen LogP contribution in [0.15, 0.2) is 42.5 Å². The van der Waals surface area contributed by atoms with Crippen molar-refractivity contribution in [2.75, 3.05) is 18.4 Å². The number of amides is 2. The fourth-order valence-corrected chi connectivity index (χ4v) is 3.67. The molecule has 33 heavy (non-hydrogen) atoms. The van der Waals surface area contributed by atoms with E-state index in [1.165, 1.54) is 6.07 Å². The van der Waals surface area contributed by atoms with E-state index in [0.29, 0.717) is 44.6 Å². The third-order valence-electron chi connectivity index (χ3n) is 5.43. The molecule has 3 rings (SSSR count). The molecule has 0 radical (unpaired) electrons. The van der Waals surface area contributed by atoms with E-state index in [-0.39, 0.29) is 23.6 Å². The van der Waals surface area contributed by atoms with E-state index in [2.05, 4.69) is 10.2 Å². The highest BCUT2D eigenvalue weighted by atomic mass is 19.4. The average molecular weight is 473 g/mol. The molecule has 1 heterocycles. The number of carbonyl (C=O) groups is 2. The molecule has 3 N–H and O–H groups in total. The highest BCUT2D eigenvalue weighted by Gasteiger charge is 2.37. The zero-order valence-electron chi connectivity index (χ0n) is 17.3. The number of carbonyl (C=O) groups excluding carboxylic acids is 2. The van der Waals surface area contributed by atoms with Gasteiger partial charge >= 0.3 is 12.4 Å². The number of hydrogen-bond donors (Lipinski definition) is 2. The van der Waals surface area contributed by atoms with Crippen LogP contribution in [0.5, 0.6) is 0 Å². The summed E-state index contributed by atoms with van der Waals surface area (Å²) in [4.78, 5) is 25.8. The topological polar surface area (TPSA) is 75.4 Å². The van der Waals surface area contributed by atoms with Crippen molar-refractivity contribution in [1.29, 1.82) is 0 Å². The SMILES string of the molecule is NC(=O)C1CCN(Cc2cccc(NC(=O)c3cc(C(F)(F)F)cc(C(F)(F)F)c3)c2)CC1. The number of likely N-dealkylation sites (tertiary alicyclic amines) is 1. The summed E-state index contributed by atoms with van der Waals surface area (Å²) >= 11 is 0. The van der Waals surface area contributed by atoms with Crippen LogP contribution in [0.25, 0.3) is 0 Å². The van der Waals surface area contributed by atoms with E-state index in [0.717, 1.165) is 5.56 Å². The van der Waals surface area contributed by atoms with Crippen LogP contribution < -0.4 is 11.1 Å². The van der Waals surface area contributed by atoms with Gasteiger partial charge in [0, 0.05) is 23.7 Å². The number of nitrogens with zero attached hydrogens (tertiary/aromatic N) is 1. The van der Waals surface area contributed by atoms with Crippen molar-refractivity contribution in [3.63, 3.8) is 0 Å². The maximum absolute atomic E-state index is 13.0. The number of halogens is 6. The molecule has 0 unspecified atom stereocenters. The quantitative estimate of drug-likeness (QED) is 0.620. The molecule has 178 valence electrons. The highest BCUT2D eigenvalue weighted by molar-refractivity contribution is 6.04. The Morgan fingerprint density at radius 3 is 2.03 bits per heavy atom. The number of anilines is 1. The Morgan fingerprint density at radius 2 is 1.52 bits per heavy atom. The van der Waals surface area contributed by atoms with Crippen LogP contribution in [-0.4, -0.2) is 29.8 Å². The van der Waals surface area contributed by atoms with Gasteiger partial charge in [-0.1, -0.05) is 12.1 Å². The Balaban J connectivity index is 1.74. The lowest BCUT2D eigenvalue weighted by Crippen LogP contribution is -2.38.